The number of carbonyl (C=O) groups is 3. The van der Waals surface area contributed by atoms with Gasteiger partial charge in [0, 0.05) is 24.9 Å². The van der Waals surface area contributed by atoms with E-state index in [9.17, 15) is 19.5 Å². The van der Waals surface area contributed by atoms with Crippen LogP contribution < -0.4 is 10.6 Å². The van der Waals surface area contributed by atoms with Gasteiger partial charge in [0.25, 0.3) is 0 Å². The van der Waals surface area contributed by atoms with Gasteiger partial charge in [-0.2, -0.15) is 0 Å². The third-order valence-corrected chi connectivity index (χ3v) is 8.80. The monoisotopic (exact) mass is 572 g/mol. The number of aryl methyl sites for hydroxylation is 1. The van der Waals surface area contributed by atoms with Gasteiger partial charge in [0.15, 0.2) is 0 Å². The number of benzene rings is 1. The molecule has 40 heavy (non-hydrogen) atoms. The van der Waals surface area contributed by atoms with Gasteiger partial charge in [-0.05, 0) is 36.3 Å². The predicted octanol–water partition coefficient (Wildman–Crippen LogP) is 3.54. The number of aromatic nitrogens is 1. The summed E-state index contributed by atoms with van der Waals surface area (Å²) < 4.78 is 5.10. The number of amides is 3. The largest absolute Gasteiger partial charge is 0.391 e. The lowest BCUT2D eigenvalue weighted by atomic mass is 9.78. The molecule has 3 unspecified atom stereocenters. The Balaban J connectivity index is 0.000000472. The Morgan fingerprint density at radius 3 is 2.38 bits per heavy atom. The van der Waals surface area contributed by atoms with E-state index >= 15 is 0 Å². The van der Waals surface area contributed by atoms with Gasteiger partial charge in [-0.3, -0.25) is 14.4 Å². The Labute approximate surface area is 241 Å². The minimum absolute atomic E-state index is 0.0783. The van der Waals surface area contributed by atoms with Gasteiger partial charge in [-0.15, -0.1) is 11.3 Å². The second-order valence-electron chi connectivity index (χ2n) is 11.8. The number of likely N-dealkylation sites (tertiary alicyclic amines) is 1. The molecule has 2 aliphatic rings. The minimum Gasteiger partial charge on any atom is -0.391 e. The van der Waals surface area contributed by atoms with Gasteiger partial charge in [0.2, 0.25) is 18.2 Å². The van der Waals surface area contributed by atoms with Gasteiger partial charge in [0.1, 0.15) is 12.1 Å². The van der Waals surface area contributed by atoms with E-state index in [4.69, 9.17) is 4.74 Å². The summed E-state index contributed by atoms with van der Waals surface area (Å²) >= 11 is 1.59. The summed E-state index contributed by atoms with van der Waals surface area (Å²) in [5.41, 5.74) is 5.31. The number of hydrogen-bond donors (Lipinski definition) is 3. The maximum absolute atomic E-state index is 13.0. The van der Waals surface area contributed by atoms with Crippen LogP contribution in [0.25, 0.3) is 10.4 Å². The molecule has 3 amide bonds. The fraction of sp³-hybridized carbons (Fsp3) is 0.600. The number of rotatable bonds is 10. The lowest BCUT2D eigenvalue weighted by molar-refractivity contribution is -0.141. The first kappa shape index (κ1) is 31.7. The molecule has 3 heterocycles. The molecule has 2 fully saturated rings. The summed E-state index contributed by atoms with van der Waals surface area (Å²) in [6.45, 7) is 15.0. The van der Waals surface area contributed by atoms with Crippen molar-refractivity contribution in [3.63, 3.8) is 0 Å². The Morgan fingerprint density at radius 2 is 1.90 bits per heavy atom. The average molecular weight is 573 g/mol. The number of hydrogen-bond acceptors (Lipinski definition) is 7. The first-order valence-electron chi connectivity index (χ1n) is 14.0. The summed E-state index contributed by atoms with van der Waals surface area (Å²) in [7, 11) is 0. The molecule has 3 N–H and O–H groups in total. The lowest BCUT2D eigenvalue weighted by Crippen LogP contribution is -2.52. The molecule has 0 bridgehead atoms. The summed E-state index contributed by atoms with van der Waals surface area (Å²) in [4.78, 5) is 43.6. The van der Waals surface area contributed by atoms with Crippen LogP contribution in [-0.4, -0.2) is 71.2 Å². The van der Waals surface area contributed by atoms with Crippen molar-refractivity contribution in [3.8, 4) is 10.4 Å². The molecule has 1 aromatic carbocycles. The van der Waals surface area contributed by atoms with Crippen molar-refractivity contribution in [2.45, 2.75) is 79.1 Å². The van der Waals surface area contributed by atoms with Crippen LogP contribution >= 0.6 is 11.3 Å². The molecule has 0 spiro atoms. The van der Waals surface area contributed by atoms with E-state index < -0.39 is 18.2 Å². The number of β-amino-alcohol motifs (C(OH)–C–C–N with tert-alkyl or cyclic N) is 1. The van der Waals surface area contributed by atoms with Gasteiger partial charge in [-0.1, -0.05) is 58.9 Å². The predicted molar refractivity (Wildman–Crippen MR) is 156 cm³/mol. The molecular formula is C30H44N4O5S. The molecule has 0 radical (unpaired) electrons. The normalized spacial score (nSPS) is 20.4. The molecule has 9 nitrogen and oxygen atoms in total. The Morgan fingerprint density at radius 1 is 1.23 bits per heavy atom. The lowest BCUT2D eigenvalue weighted by Gasteiger charge is -2.41. The molecule has 2 aromatic rings. The van der Waals surface area contributed by atoms with Crippen LogP contribution in [0.15, 0.2) is 29.8 Å². The highest BCUT2D eigenvalue weighted by atomic mass is 32.1. The van der Waals surface area contributed by atoms with E-state index in [-0.39, 0.29) is 30.7 Å². The summed E-state index contributed by atoms with van der Waals surface area (Å²) in [6.07, 6.45) is 0.373. The number of carbonyl (C=O) groups excluding carboxylic acids is 3. The van der Waals surface area contributed by atoms with E-state index in [1.807, 2.05) is 50.5 Å². The van der Waals surface area contributed by atoms with Gasteiger partial charge >= 0.3 is 0 Å². The van der Waals surface area contributed by atoms with E-state index in [2.05, 4.69) is 36.4 Å². The van der Waals surface area contributed by atoms with Crippen LogP contribution in [0.3, 0.4) is 0 Å². The third-order valence-electron chi connectivity index (χ3n) is 7.82. The number of nitrogens with one attached hydrogen (secondary N) is 2. The highest BCUT2D eigenvalue weighted by Crippen LogP contribution is 2.34. The summed E-state index contributed by atoms with van der Waals surface area (Å²) in [6, 6.07) is 6.43. The number of ether oxygens (including phenoxy) is 1. The van der Waals surface area contributed by atoms with Crippen molar-refractivity contribution in [2.75, 3.05) is 19.8 Å². The SMILES string of the molecule is CC(C)C1(C)COC1.Cc1ncsc1-c1ccc(CNC(=O)C2CC(O)CN2C(=O)C(CC(C)C)NC=O)cc1. The van der Waals surface area contributed by atoms with E-state index in [0.29, 0.717) is 24.8 Å². The third kappa shape index (κ3) is 8.11. The van der Waals surface area contributed by atoms with Gasteiger partial charge < -0.3 is 25.4 Å². The molecule has 0 aliphatic carbocycles. The van der Waals surface area contributed by atoms with Crippen molar-refractivity contribution in [2.24, 2.45) is 17.3 Å². The maximum atomic E-state index is 13.0. The maximum Gasteiger partial charge on any atom is 0.245 e. The Bertz CT molecular complexity index is 1130. The first-order chi connectivity index (χ1) is 18.9. The van der Waals surface area contributed by atoms with Gasteiger partial charge in [0.05, 0.1) is 35.4 Å². The molecule has 3 atom stereocenters. The quantitative estimate of drug-likeness (QED) is 0.375. The molecule has 10 heteroatoms. The fourth-order valence-corrected chi connectivity index (χ4v) is 5.53. The Hall–Kier alpha value is -2.82. The molecule has 1 aromatic heterocycles. The molecular weight excluding hydrogens is 528 g/mol. The van der Waals surface area contributed by atoms with Crippen molar-refractivity contribution >= 4 is 29.6 Å². The van der Waals surface area contributed by atoms with Crippen molar-refractivity contribution in [1.82, 2.24) is 20.5 Å². The number of aliphatic hydroxyl groups is 1. The van der Waals surface area contributed by atoms with Crippen LogP contribution in [0, 0.1) is 24.2 Å². The van der Waals surface area contributed by atoms with Crippen LogP contribution in [0.1, 0.15) is 58.7 Å². The van der Waals surface area contributed by atoms with E-state index in [1.54, 1.807) is 11.3 Å². The molecule has 2 aliphatic heterocycles. The minimum atomic E-state index is -0.771. The zero-order valence-corrected chi connectivity index (χ0v) is 25.3. The number of aliphatic hydroxyl groups excluding tert-OH is 1. The number of nitrogens with zero attached hydrogens (tertiary/aromatic N) is 2. The highest BCUT2D eigenvalue weighted by Gasteiger charge is 2.41. The van der Waals surface area contributed by atoms with E-state index in [1.165, 1.54) is 4.90 Å². The second-order valence-corrected chi connectivity index (χ2v) is 12.7. The van der Waals surface area contributed by atoms with Crippen LogP contribution in [0.5, 0.6) is 0 Å². The first-order valence-corrected chi connectivity index (χ1v) is 14.9. The van der Waals surface area contributed by atoms with Crippen molar-refractivity contribution in [3.05, 3.63) is 41.0 Å². The highest BCUT2D eigenvalue weighted by molar-refractivity contribution is 7.13. The average Bonchev–Trinajstić information content (AvgIpc) is 3.50. The standard InChI is InChI=1S/C23H30N4O4S.C7H14O/c1-14(2)8-19(25-12-28)23(31)27-11-18(29)9-20(27)22(30)24-10-16-4-6-17(7-5-16)21-15(3)26-13-32-21;1-6(2)7(3)4-8-5-7/h4-7,12-14,18-20,29H,8-11H2,1-3H3,(H,24,30)(H,25,28);6H,4-5H2,1-3H3. The Kier molecular flexibility index (Phi) is 11.2. The van der Waals surface area contributed by atoms with Gasteiger partial charge in [-0.25, -0.2) is 4.98 Å². The zero-order chi connectivity index (χ0) is 29.4. The van der Waals surface area contributed by atoms with Crippen molar-refractivity contribution < 1.29 is 24.2 Å². The fourth-order valence-electron chi connectivity index (χ4n) is 4.72. The van der Waals surface area contributed by atoms with Crippen LogP contribution in [0.4, 0.5) is 0 Å². The topological polar surface area (TPSA) is 121 Å². The molecule has 4 rings (SSSR count). The van der Waals surface area contributed by atoms with Crippen molar-refractivity contribution in [1.29, 1.82) is 0 Å². The second kappa shape index (κ2) is 14.2. The molecule has 220 valence electrons. The smallest absolute Gasteiger partial charge is 0.245 e. The zero-order valence-electron chi connectivity index (χ0n) is 24.5. The van der Waals surface area contributed by atoms with E-state index in [0.717, 1.165) is 40.8 Å². The van der Waals surface area contributed by atoms with Crippen LogP contribution in [0.2, 0.25) is 0 Å². The summed E-state index contributed by atoms with van der Waals surface area (Å²) in [5, 5.41) is 15.6. The number of thiazole rings is 1. The summed E-state index contributed by atoms with van der Waals surface area (Å²) in [5.74, 6) is 0.308. The molecule has 2 saturated heterocycles. The van der Waals surface area contributed by atoms with Crippen LogP contribution in [-0.2, 0) is 25.7 Å². The molecule has 0 saturated carbocycles.